The molecular weight excluding hydrogens is 220 g/mol. The van der Waals surface area contributed by atoms with Gasteiger partial charge in [-0.3, -0.25) is 9.59 Å². The van der Waals surface area contributed by atoms with Gasteiger partial charge in [-0.1, -0.05) is 6.92 Å². The Morgan fingerprint density at radius 1 is 1.47 bits per heavy atom. The monoisotopic (exact) mass is 242 g/mol. The van der Waals surface area contributed by atoms with Crippen molar-refractivity contribution in [2.24, 2.45) is 0 Å². The summed E-state index contributed by atoms with van der Waals surface area (Å²) in [5.74, 6) is -0.131. The predicted molar refractivity (Wildman–Crippen MR) is 64.5 cm³/mol. The van der Waals surface area contributed by atoms with Crippen LogP contribution in [0.15, 0.2) is 0 Å². The number of hydrogen-bond acceptors (Lipinski definition) is 3. The normalized spacial score (nSPS) is 25.7. The first-order chi connectivity index (χ1) is 7.86. The van der Waals surface area contributed by atoms with Gasteiger partial charge in [0.2, 0.25) is 11.8 Å². The van der Waals surface area contributed by atoms with Gasteiger partial charge in [0.05, 0.1) is 12.6 Å². The van der Waals surface area contributed by atoms with Crippen LogP contribution in [0.3, 0.4) is 0 Å². The van der Waals surface area contributed by atoms with Crippen molar-refractivity contribution in [2.75, 3.05) is 13.7 Å². The van der Waals surface area contributed by atoms with Crippen molar-refractivity contribution < 1.29 is 14.3 Å². The van der Waals surface area contributed by atoms with Gasteiger partial charge in [0.25, 0.3) is 0 Å². The van der Waals surface area contributed by atoms with Crippen molar-refractivity contribution in [3.63, 3.8) is 0 Å². The highest BCUT2D eigenvalue weighted by Crippen LogP contribution is 2.24. The molecule has 0 aliphatic carbocycles. The number of nitrogens with one attached hydrogen (secondary N) is 1. The minimum absolute atomic E-state index is 0.0262. The van der Waals surface area contributed by atoms with E-state index in [1.54, 1.807) is 25.9 Å². The van der Waals surface area contributed by atoms with Crippen LogP contribution in [0.25, 0.3) is 0 Å². The van der Waals surface area contributed by atoms with E-state index in [9.17, 15) is 9.59 Å². The fraction of sp³-hybridized carbons (Fsp3) is 0.833. The molecule has 17 heavy (non-hydrogen) atoms. The highest BCUT2D eigenvalue weighted by atomic mass is 16.5. The van der Waals surface area contributed by atoms with Gasteiger partial charge in [0.15, 0.2) is 0 Å². The van der Waals surface area contributed by atoms with Crippen molar-refractivity contribution in [1.29, 1.82) is 0 Å². The van der Waals surface area contributed by atoms with Gasteiger partial charge >= 0.3 is 0 Å². The van der Waals surface area contributed by atoms with Crippen LogP contribution < -0.4 is 5.32 Å². The maximum Gasteiger partial charge on any atom is 0.246 e. The van der Waals surface area contributed by atoms with E-state index < -0.39 is 11.6 Å². The average molecular weight is 242 g/mol. The first-order valence-electron chi connectivity index (χ1n) is 5.99. The molecule has 5 nitrogen and oxygen atoms in total. The summed E-state index contributed by atoms with van der Waals surface area (Å²) in [7, 11) is 1.59. The van der Waals surface area contributed by atoms with Crippen LogP contribution in [0.2, 0.25) is 0 Å². The Bertz CT molecular complexity index is 315. The predicted octanol–water partition coefficient (Wildman–Crippen LogP) is 0.537. The van der Waals surface area contributed by atoms with Gasteiger partial charge in [0.1, 0.15) is 11.6 Å². The molecule has 2 atom stereocenters. The van der Waals surface area contributed by atoms with Crippen molar-refractivity contribution >= 4 is 11.8 Å². The summed E-state index contributed by atoms with van der Waals surface area (Å²) >= 11 is 0. The Kier molecular flexibility index (Phi) is 4.14. The quantitative estimate of drug-likeness (QED) is 0.782. The van der Waals surface area contributed by atoms with Crippen LogP contribution in [-0.2, 0) is 14.3 Å². The topological polar surface area (TPSA) is 58.6 Å². The van der Waals surface area contributed by atoms with Crippen molar-refractivity contribution in [2.45, 2.75) is 51.7 Å². The lowest BCUT2D eigenvalue weighted by Gasteiger charge is -2.47. The zero-order chi connectivity index (χ0) is 13.2. The zero-order valence-electron chi connectivity index (χ0n) is 11.2. The SMILES string of the molecule is CCC1NC(=O)C(C)(C)N(C(C)COC)C1=O. The molecule has 1 fully saturated rings. The van der Waals surface area contributed by atoms with Crippen LogP contribution in [0, 0.1) is 0 Å². The van der Waals surface area contributed by atoms with Crippen LogP contribution >= 0.6 is 0 Å². The second-order valence-corrected chi connectivity index (χ2v) is 5.01. The molecule has 1 aliphatic rings. The lowest BCUT2D eigenvalue weighted by molar-refractivity contribution is -0.159. The number of carbonyl (C=O) groups excluding carboxylic acids is 2. The minimum atomic E-state index is -0.819. The molecule has 0 aromatic heterocycles. The molecule has 98 valence electrons. The molecule has 1 rings (SSSR count). The molecule has 0 aromatic carbocycles. The number of carbonyl (C=O) groups is 2. The molecule has 0 saturated carbocycles. The molecule has 0 spiro atoms. The Labute approximate surface area is 102 Å². The number of methoxy groups -OCH3 is 1. The number of amides is 2. The molecule has 0 radical (unpaired) electrons. The Hall–Kier alpha value is -1.10. The van der Waals surface area contributed by atoms with Gasteiger partial charge in [-0.25, -0.2) is 0 Å². The van der Waals surface area contributed by atoms with Gasteiger partial charge < -0.3 is 15.0 Å². The lowest BCUT2D eigenvalue weighted by atomic mass is 9.93. The molecule has 1 aliphatic heterocycles. The third kappa shape index (κ3) is 2.44. The standard InChI is InChI=1S/C12H22N2O3/c1-6-9-10(15)14(8(2)7-17-5)12(3,4)11(16)13-9/h8-9H,6-7H2,1-5H3,(H,13,16). The number of rotatable bonds is 4. The highest BCUT2D eigenvalue weighted by Gasteiger charge is 2.47. The van der Waals surface area contributed by atoms with Crippen LogP contribution in [0.4, 0.5) is 0 Å². The van der Waals surface area contributed by atoms with Crippen molar-refractivity contribution in [3.05, 3.63) is 0 Å². The Morgan fingerprint density at radius 2 is 2.06 bits per heavy atom. The van der Waals surface area contributed by atoms with Crippen LogP contribution in [0.1, 0.15) is 34.1 Å². The van der Waals surface area contributed by atoms with Crippen LogP contribution in [-0.4, -0.2) is 48.1 Å². The molecule has 1 saturated heterocycles. The minimum Gasteiger partial charge on any atom is -0.383 e. The molecule has 0 aromatic rings. The second kappa shape index (κ2) is 5.04. The van der Waals surface area contributed by atoms with E-state index >= 15 is 0 Å². The average Bonchev–Trinajstić information content (AvgIpc) is 2.23. The number of nitrogens with zero attached hydrogens (tertiary/aromatic N) is 1. The third-order valence-corrected chi connectivity index (χ3v) is 3.26. The van der Waals surface area contributed by atoms with Crippen molar-refractivity contribution in [3.8, 4) is 0 Å². The molecule has 2 unspecified atom stereocenters. The van der Waals surface area contributed by atoms with Gasteiger partial charge in [-0.05, 0) is 27.2 Å². The molecule has 2 amide bonds. The molecule has 1 heterocycles. The first-order valence-corrected chi connectivity index (χ1v) is 5.99. The summed E-state index contributed by atoms with van der Waals surface area (Å²) in [5, 5.41) is 2.76. The molecule has 1 N–H and O–H groups in total. The summed E-state index contributed by atoms with van der Waals surface area (Å²) < 4.78 is 5.08. The Morgan fingerprint density at radius 3 is 2.53 bits per heavy atom. The second-order valence-electron chi connectivity index (χ2n) is 5.01. The van der Waals surface area contributed by atoms with Gasteiger partial charge in [0, 0.05) is 7.11 Å². The molecule has 0 bridgehead atoms. The molecular formula is C12H22N2O3. The van der Waals surface area contributed by atoms with E-state index in [0.29, 0.717) is 13.0 Å². The van der Waals surface area contributed by atoms with E-state index in [1.165, 1.54) is 0 Å². The number of piperazine rings is 1. The summed E-state index contributed by atoms with van der Waals surface area (Å²) in [5.41, 5.74) is -0.819. The van der Waals surface area contributed by atoms with E-state index in [0.717, 1.165) is 0 Å². The summed E-state index contributed by atoms with van der Waals surface area (Å²) in [4.78, 5) is 25.9. The van der Waals surface area contributed by atoms with E-state index in [-0.39, 0.29) is 17.9 Å². The van der Waals surface area contributed by atoms with Crippen LogP contribution in [0.5, 0.6) is 0 Å². The number of ether oxygens (including phenoxy) is 1. The fourth-order valence-electron chi connectivity index (χ4n) is 2.31. The smallest absolute Gasteiger partial charge is 0.246 e. The maximum atomic E-state index is 12.3. The van der Waals surface area contributed by atoms with E-state index in [2.05, 4.69) is 5.32 Å². The third-order valence-electron chi connectivity index (χ3n) is 3.26. The largest absolute Gasteiger partial charge is 0.383 e. The van der Waals surface area contributed by atoms with E-state index in [4.69, 9.17) is 4.74 Å². The fourth-order valence-corrected chi connectivity index (χ4v) is 2.31. The highest BCUT2D eigenvalue weighted by molar-refractivity contribution is 5.99. The Balaban J connectivity index is 3.01. The zero-order valence-corrected chi connectivity index (χ0v) is 11.2. The summed E-state index contributed by atoms with van der Waals surface area (Å²) in [6.45, 7) is 7.74. The molecule has 5 heteroatoms. The first kappa shape index (κ1) is 14.0. The van der Waals surface area contributed by atoms with Gasteiger partial charge in [-0.15, -0.1) is 0 Å². The maximum absolute atomic E-state index is 12.3. The van der Waals surface area contributed by atoms with Crippen molar-refractivity contribution in [1.82, 2.24) is 10.2 Å². The summed E-state index contributed by atoms with van der Waals surface area (Å²) in [6, 6.07) is -0.516. The summed E-state index contributed by atoms with van der Waals surface area (Å²) in [6.07, 6.45) is 0.608. The lowest BCUT2D eigenvalue weighted by Crippen LogP contribution is -2.70. The van der Waals surface area contributed by atoms with Gasteiger partial charge in [-0.2, -0.15) is 0 Å². The van der Waals surface area contributed by atoms with E-state index in [1.807, 2.05) is 13.8 Å². The number of hydrogen-bond donors (Lipinski definition) is 1.